The van der Waals surface area contributed by atoms with Crippen LogP contribution in [0.15, 0.2) is 18.2 Å². The highest BCUT2D eigenvalue weighted by atomic mass is 32.1. The lowest BCUT2D eigenvalue weighted by molar-refractivity contribution is -0.141. The molecule has 1 amide bonds. The number of nitrogens with zero attached hydrogens (tertiary/aromatic N) is 1. The molecule has 2 aromatic rings. The van der Waals surface area contributed by atoms with E-state index in [1.54, 1.807) is 7.11 Å². The zero-order valence-corrected chi connectivity index (χ0v) is 14.6. The first-order valence-electron chi connectivity index (χ1n) is 7.60. The summed E-state index contributed by atoms with van der Waals surface area (Å²) in [5.74, 6) is -0.519. The Balaban J connectivity index is 1.98. The van der Waals surface area contributed by atoms with Gasteiger partial charge in [0.05, 0.1) is 18.1 Å². The normalized spacial score (nSPS) is 20.5. The fourth-order valence-electron chi connectivity index (χ4n) is 3.09. The van der Waals surface area contributed by atoms with Gasteiger partial charge in [-0.05, 0) is 36.1 Å². The Kier molecular flexibility index (Phi) is 4.47. The molecule has 2 unspecified atom stereocenters. The molecule has 1 saturated heterocycles. The van der Waals surface area contributed by atoms with Crippen molar-refractivity contribution >= 4 is 33.3 Å². The highest BCUT2D eigenvalue weighted by molar-refractivity contribution is 7.21. The first-order chi connectivity index (χ1) is 11.5. The third-order valence-electron chi connectivity index (χ3n) is 4.48. The number of carboxylic acid groups (broad SMARTS) is 1. The maximum atomic E-state index is 13.0. The Bertz CT molecular complexity index is 800. The van der Waals surface area contributed by atoms with Gasteiger partial charge in [0.15, 0.2) is 0 Å². The second-order valence-corrected chi connectivity index (χ2v) is 6.88. The predicted molar refractivity (Wildman–Crippen MR) is 91.0 cm³/mol. The van der Waals surface area contributed by atoms with E-state index in [1.165, 1.54) is 23.3 Å². The van der Waals surface area contributed by atoms with E-state index in [9.17, 15) is 14.7 Å². The van der Waals surface area contributed by atoms with E-state index in [-0.39, 0.29) is 12.0 Å². The number of rotatable bonds is 4. The molecule has 1 aliphatic rings. The molecule has 1 N–H and O–H groups in total. The van der Waals surface area contributed by atoms with Crippen molar-refractivity contribution in [1.29, 1.82) is 0 Å². The quantitative estimate of drug-likeness (QED) is 0.918. The lowest BCUT2D eigenvalue weighted by atomic mass is 10.1. The van der Waals surface area contributed by atoms with Crippen molar-refractivity contribution in [1.82, 2.24) is 4.90 Å². The van der Waals surface area contributed by atoms with Crippen LogP contribution in [0.1, 0.15) is 21.7 Å². The standard InChI is InChI=1S/C17H19NO5S/c1-9-12-6-10(22-2)4-5-14(12)24-15(9)16(19)18-8-11(23-3)7-13(18)17(20)21/h4-6,11,13H,7-8H2,1-3H3,(H,20,21). The smallest absolute Gasteiger partial charge is 0.326 e. The Morgan fingerprint density at radius 3 is 2.71 bits per heavy atom. The Hall–Kier alpha value is -2.12. The van der Waals surface area contributed by atoms with Crippen LogP contribution in [0, 0.1) is 6.92 Å². The summed E-state index contributed by atoms with van der Waals surface area (Å²) in [6.07, 6.45) is 0.0693. The summed E-state index contributed by atoms with van der Waals surface area (Å²) in [5.41, 5.74) is 0.851. The SMILES string of the molecule is COc1ccc2sc(C(=O)N3CC(OC)CC3C(=O)O)c(C)c2c1. The lowest BCUT2D eigenvalue weighted by Crippen LogP contribution is -2.40. The first kappa shape index (κ1) is 16.7. The Morgan fingerprint density at radius 2 is 2.08 bits per heavy atom. The summed E-state index contributed by atoms with van der Waals surface area (Å²) in [7, 11) is 3.13. The van der Waals surface area contributed by atoms with Gasteiger partial charge in [0, 0.05) is 24.8 Å². The third kappa shape index (κ3) is 2.74. The number of hydrogen-bond acceptors (Lipinski definition) is 5. The number of benzene rings is 1. The van der Waals surface area contributed by atoms with Gasteiger partial charge in [-0.25, -0.2) is 4.79 Å². The number of carboxylic acids is 1. The number of carbonyl (C=O) groups excluding carboxylic acids is 1. The summed E-state index contributed by atoms with van der Waals surface area (Å²) in [5, 5.41) is 10.4. The van der Waals surface area contributed by atoms with Crippen LogP contribution in [-0.2, 0) is 9.53 Å². The number of carbonyl (C=O) groups is 2. The van der Waals surface area contributed by atoms with Gasteiger partial charge in [-0.1, -0.05) is 0 Å². The van der Waals surface area contributed by atoms with E-state index in [1.807, 2.05) is 25.1 Å². The Morgan fingerprint density at radius 1 is 1.33 bits per heavy atom. The van der Waals surface area contributed by atoms with Crippen LogP contribution >= 0.6 is 11.3 Å². The molecule has 0 bridgehead atoms. The highest BCUT2D eigenvalue weighted by Crippen LogP contribution is 2.35. The fourth-order valence-corrected chi connectivity index (χ4v) is 4.23. The molecule has 128 valence electrons. The number of aliphatic carboxylic acids is 1. The van der Waals surface area contributed by atoms with Crippen LogP contribution in [0.25, 0.3) is 10.1 Å². The van der Waals surface area contributed by atoms with Gasteiger partial charge in [0.1, 0.15) is 11.8 Å². The van der Waals surface area contributed by atoms with Crippen LogP contribution in [0.4, 0.5) is 0 Å². The molecular weight excluding hydrogens is 330 g/mol. The molecule has 2 atom stereocenters. The maximum Gasteiger partial charge on any atom is 0.326 e. The molecule has 1 aromatic carbocycles. The molecule has 0 radical (unpaired) electrons. The predicted octanol–water partition coefficient (Wildman–Crippen LogP) is 2.53. The second-order valence-electron chi connectivity index (χ2n) is 5.82. The molecule has 1 fully saturated rings. The monoisotopic (exact) mass is 349 g/mol. The van der Waals surface area contributed by atoms with Gasteiger partial charge in [-0.15, -0.1) is 11.3 Å². The molecule has 1 aliphatic heterocycles. The van der Waals surface area contributed by atoms with Crippen LogP contribution in [0.2, 0.25) is 0 Å². The largest absolute Gasteiger partial charge is 0.497 e. The van der Waals surface area contributed by atoms with Gasteiger partial charge in [0.2, 0.25) is 0 Å². The molecular formula is C17H19NO5S. The average Bonchev–Trinajstić information content (AvgIpc) is 3.16. The van der Waals surface area contributed by atoms with E-state index in [0.717, 1.165) is 21.4 Å². The molecule has 3 rings (SSSR count). The summed E-state index contributed by atoms with van der Waals surface area (Å²) in [4.78, 5) is 26.4. The van der Waals surface area contributed by atoms with Gasteiger partial charge in [-0.3, -0.25) is 4.79 Å². The molecule has 24 heavy (non-hydrogen) atoms. The first-order valence-corrected chi connectivity index (χ1v) is 8.41. The van der Waals surface area contributed by atoms with E-state index in [4.69, 9.17) is 9.47 Å². The highest BCUT2D eigenvalue weighted by Gasteiger charge is 2.41. The number of thiophene rings is 1. The zero-order valence-electron chi connectivity index (χ0n) is 13.7. The number of amides is 1. The number of aryl methyl sites for hydroxylation is 1. The summed E-state index contributed by atoms with van der Waals surface area (Å²) in [6.45, 7) is 2.18. The number of hydrogen-bond donors (Lipinski definition) is 1. The van der Waals surface area contributed by atoms with Gasteiger partial charge < -0.3 is 19.5 Å². The van der Waals surface area contributed by atoms with E-state index in [2.05, 4.69) is 0 Å². The van der Waals surface area contributed by atoms with Crippen LogP contribution in [0.5, 0.6) is 5.75 Å². The maximum absolute atomic E-state index is 13.0. The van der Waals surface area contributed by atoms with Crippen molar-refractivity contribution in [2.45, 2.75) is 25.5 Å². The topological polar surface area (TPSA) is 76.1 Å². The molecule has 1 aromatic heterocycles. The lowest BCUT2D eigenvalue weighted by Gasteiger charge is -2.20. The Labute approximate surface area is 143 Å². The summed E-state index contributed by atoms with van der Waals surface area (Å²) >= 11 is 1.38. The second kappa shape index (κ2) is 6.41. The van der Waals surface area contributed by atoms with Crippen molar-refractivity contribution in [2.75, 3.05) is 20.8 Å². The molecule has 0 spiro atoms. The zero-order chi connectivity index (χ0) is 17.4. The van der Waals surface area contributed by atoms with Crippen LogP contribution in [-0.4, -0.2) is 54.8 Å². The molecule has 2 heterocycles. The van der Waals surface area contributed by atoms with Crippen molar-refractivity contribution in [3.63, 3.8) is 0 Å². The van der Waals surface area contributed by atoms with Crippen molar-refractivity contribution < 1.29 is 24.2 Å². The number of ether oxygens (including phenoxy) is 2. The number of likely N-dealkylation sites (tertiary alicyclic amines) is 1. The summed E-state index contributed by atoms with van der Waals surface area (Å²) < 4.78 is 11.5. The minimum absolute atomic E-state index is 0.246. The van der Waals surface area contributed by atoms with Gasteiger partial charge >= 0.3 is 5.97 Å². The fraction of sp³-hybridized carbons (Fsp3) is 0.412. The number of fused-ring (bicyclic) bond motifs is 1. The third-order valence-corrected chi connectivity index (χ3v) is 5.74. The molecule has 0 aliphatic carbocycles. The summed E-state index contributed by atoms with van der Waals surface area (Å²) in [6, 6.07) is 4.82. The van der Waals surface area contributed by atoms with E-state index in [0.29, 0.717) is 17.8 Å². The van der Waals surface area contributed by atoms with Crippen molar-refractivity contribution in [2.24, 2.45) is 0 Å². The average molecular weight is 349 g/mol. The van der Waals surface area contributed by atoms with Crippen molar-refractivity contribution in [3.8, 4) is 5.75 Å². The minimum atomic E-state index is -0.997. The van der Waals surface area contributed by atoms with E-state index >= 15 is 0 Å². The van der Waals surface area contributed by atoms with Crippen LogP contribution in [0.3, 0.4) is 0 Å². The number of methoxy groups -OCH3 is 2. The molecule has 7 heteroatoms. The van der Waals surface area contributed by atoms with Crippen LogP contribution < -0.4 is 4.74 Å². The minimum Gasteiger partial charge on any atom is -0.497 e. The van der Waals surface area contributed by atoms with Crippen molar-refractivity contribution in [3.05, 3.63) is 28.6 Å². The molecule has 6 nitrogen and oxygen atoms in total. The van der Waals surface area contributed by atoms with Gasteiger partial charge in [0.25, 0.3) is 5.91 Å². The molecule has 0 saturated carbocycles. The van der Waals surface area contributed by atoms with Gasteiger partial charge in [-0.2, -0.15) is 0 Å². The van der Waals surface area contributed by atoms with E-state index < -0.39 is 12.0 Å².